The molecule has 1 amide bonds. The number of benzene rings is 1. The molecule has 2 fully saturated rings. The van der Waals surface area contributed by atoms with E-state index < -0.39 is 22.7 Å². The second-order valence-electron chi connectivity index (χ2n) is 14.0. The number of pyridine rings is 1. The van der Waals surface area contributed by atoms with Crippen molar-refractivity contribution in [1.82, 2.24) is 14.5 Å². The summed E-state index contributed by atoms with van der Waals surface area (Å²) in [5.74, 6) is 0. The van der Waals surface area contributed by atoms with Crippen molar-refractivity contribution in [3.63, 3.8) is 0 Å². The van der Waals surface area contributed by atoms with Crippen molar-refractivity contribution in [3.05, 3.63) is 52.8 Å². The minimum atomic E-state index is -0.670. The van der Waals surface area contributed by atoms with Gasteiger partial charge < -0.3 is 19.1 Å². The summed E-state index contributed by atoms with van der Waals surface area (Å²) in [6.07, 6.45) is 6.71. The Morgan fingerprint density at radius 1 is 1.05 bits per heavy atom. The number of nitrogens with zero attached hydrogens (tertiary/aromatic N) is 4. The zero-order chi connectivity index (χ0) is 30.7. The number of carbonyl (C=O) groups excluding carboxylic acids is 2. The normalized spacial score (nSPS) is 19.6. The predicted molar refractivity (Wildman–Crippen MR) is 162 cm³/mol. The lowest BCUT2D eigenvalue weighted by Crippen LogP contribution is -2.36. The maximum atomic E-state index is 13.2. The van der Waals surface area contributed by atoms with Crippen LogP contribution >= 0.6 is 0 Å². The molecule has 1 atom stereocenters. The second kappa shape index (κ2) is 10.4. The van der Waals surface area contributed by atoms with E-state index in [0.717, 1.165) is 65.3 Å². The highest BCUT2D eigenvalue weighted by Gasteiger charge is 2.47. The van der Waals surface area contributed by atoms with Crippen molar-refractivity contribution in [1.29, 1.82) is 5.26 Å². The van der Waals surface area contributed by atoms with Crippen LogP contribution in [0.1, 0.15) is 95.5 Å². The number of likely N-dealkylation sites (tertiary alicyclic amines) is 1. The molecule has 0 bridgehead atoms. The number of nitriles is 1. The average Bonchev–Trinajstić information content (AvgIpc) is 3.39. The van der Waals surface area contributed by atoms with Crippen LogP contribution in [-0.2, 0) is 32.7 Å². The van der Waals surface area contributed by atoms with Crippen molar-refractivity contribution < 1.29 is 23.8 Å². The van der Waals surface area contributed by atoms with Crippen molar-refractivity contribution in [2.75, 3.05) is 13.2 Å². The Balaban J connectivity index is 1.45. The number of fused-ring (bicyclic) bond motifs is 2. The van der Waals surface area contributed by atoms with Crippen molar-refractivity contribution in [3.8, 4) is 17.2 Å². The Bertz CT molecular complexity index is 1650. The van der Waals surface area contributed by atoms with E-state index in [9.17, 15) is 14.9 Å². The number of amides is 1. The monoisotopic (exact) mass is 584 g/mol. The third kappa shape index (κ3) is 5.61. The van der Waals surface area contributed by atoms with Gasteiger partial charge in [0.05, 0.1) is 30.7 Å². The van der Waals surface area contributed by atoms with Crippen LogP contribution in [0.3, 0.4) is 0 Å². The Morgan fingerprint density at radius 2 is 1.77 bits per heavy atom. The largest absolute Gasteiger partial charge is 0.444 e. The molecule has 9 heteroatoms. The Kier molecular flexibility index (Phi) is 7.04. The van der Waals surface area contributed by atoms with Gasteiger partial charge in [0, 0.05) is 35.5 Å². The first kappa shape index (κ1) is 29.2. The Morgan fingerprint density at radius 3 is 2.44 bits per heavy atom. The van der Waals surface area contributed by atoms with Gasteiger partial charge in [-0.2, -0.15) is 5.26 Å². The number of hydrogen-bond donors (Lipinski definition) is 0. The zero-order valence-electron chi connectivity index (χ0n) is 26.0. The van der Waals surface area contributed by atoms with Gasteiger partial charge in [-0.05, 0) is 108 Å². The summed E-state index contributed by atoms with van der Waals surface area (Å²) in [7, 11) is 0. The molecule has 1 saturated carbocycles. The summed E-state index contributed by atoms with van der Waals surface area (Å²) in [6, 6.07) is 8.76. The van der Waals surface area contributed by atoms with E-state index in [0.29, 0.717) is 25.4 Å². The molecule has 2 aromatic heterocycles. The summed E-state index contributed by atoms with van der Waals surface area (Å²) in [5, 5.41) is 10.8. The van der Waals surface area contributed by atoms with Crippen LogP contribution in [0.4, 0.5) is 9.59 Å². The lowest BCUT2D eigenvalue weighted by atomic mass is 9.88. The maximum Gasteiger partial charge on any atom is 0.420 e. The van der Waals surface area contributed by atoms with E-state index in [2.05, 4.69) is 18.2 Å². The molecular weight excluding hydrogens is 544 g/mol. The molecule has 3 aliphatic rings. The number of ether oxygens (including phenoxy) is 3. The number of hydrogen-bond acceptors (Lipinski definition) is 7. The molecule has 0 radical (unpaired) electrons. The van der Waals surface area contributed by atoms with Gasteiger partial charge in [0.1, 0.15) is 16.8 Å². The molecule has 4 heterocycles. The van der Waals surface area contributed by atoms with Crippen molar-refractivity contribution >= 4 is 23.2 Å². The molecule has 226 valence electrons. The summed E-state index contributed by atoms with van der Waals surface area (Å²) >= 11 is 0. The fourth-order valence-electron chi connectivity index (χ4n) is 6.27. The molecule has 2 aliphatic heterocycles. The number of rotatable bonds is 3. The van der Waals surface area contributed by atoms with Crippen LogP contribution in [0.15, 0.2) is 30.6 Å². The Labute approximate surface area is 252 Å². The zero-order valence-corrected chi connectivity index (χ0v) is 26.0. The van der Waals surface area contributed by atoms with E-state index in [1.54, 1.807) is 12.4 Å². The van der Waals surface area contributed by atoms with Crippen LogP contribution in [0, 0.1) is 11.3 Å². The lowest BCUT2D eigenvalue weighted by Gasteiger charge is -2.31. The molecule has 0 unspecified atom stereocenters. The third-order valence-electron chi connectivity index (χ3n) is 8.43. The minimum Gasteiger partial charge on any atom is -0.444 e. The highest BCUT2D eigenvalue weighted by Crippen LogP contribution is 2.50. The summed E-state index contributed by atoms with van der Waals surface area (Å²) < 4.78 is 18.8. The average molecular weight is 585 g/mol. The van der Waals surface area contributed by atoms with Gasteiger partial charge >= 0.3 is 12.2 Å². The molecule has 1 aromatic carbocycles. The smallest absolute Gasteiger partial charge is 0.420 e. The van der Waals surface area contributed by atoms with Gasteiger partial charge in [-0.25, -0.2) is 19.1 Å². The van der Waals surface area contributed by atoms with Gasteiger partial charge in [-0.1, -0.05) is 6.07 Å². The maximum absolute atomic E-state index is 13.2. The number of carbonyl (C=O) groups is 2. The Hall–Kier alpha value is -3.90. The lowest BCUT2D eigenvalue weighted by molar-refractivity contribution is 0.0220. The first-order valence-corrected chi connectivity index (χ1v) is 15.2. The van der Waals surface area contributed by atoms with E-state index in [1.807, 2.05) is 52.5 Å². The quantitative estimate of drug-likeness (QED) is 0.321. The predicted octanol–water partition coefficient (Wildman–Crippen LogP) is 7.19. The minimum absolute atomic E-state index is 0.112. The summed E-state index contributed by atoms with van der Waals surface area (Å²) in [6.45, 7) is 12.9. The van der Waals surface area contributed by atoms with Crippen LogP contribution in [0.25, 0.3) is 22.2 Å². The van der Waals surface area contributed by atoms with E-state index in [1.165, 1.54) is 10.1 Å². The number of aromatic nitrogens is 2. The summed E-state index contributed by atoms with van der Waals surface area (Å²) in [5.41, 5.74) is 4.72. The van der Waals surface area contributed by atoms with Gasteiger partial charge in [0.2, 0.25) is 0 Å². The third-order valence-corrected chi connectivity index (χ3v) is 8.43. The molecule has 0 spiro atoms. The van der Waals surface area contributed by atoms with E-state index >= 15 is 0 Å². The topological polar surface area (TPSA) is 107 Å². The first-order chi connectivity index (χ1) is 20.3. The van der Waals surface area contributed by atoms with Crippen molar-refractivity contribution in [2.24, 2.45) is 0 Å². The molecule has 1 aliphatic carbocycles. The fourth-order valence-corrected chi connectivity index (χ4v) is 6.27. The molecule has 1 saturated heterocycles. The first-order valence-electron chi connectivity index (χ1n) is 15.2. The molecule has 3 aromatic rings. The van der Waals surface area contributed by atoms with Crippen LogP contribution < -0.4 is 0 Å². The van der Waals surface area contributed by atoms with Crippen LogP contribution in [-0.4, -0.2) is 51.0 Å². The van der Waals surface area contributed by atoms with Gasteiger partial charge in [-0.15, -0.1) is 0 Å². The fraction of sp³-hybridized carbons (Fsp3) is 0.529. The second-order valence-corrected chi connectivity index (χ2v) is 14.0. The van der Waals surface area contributed by atoms with Crippen LogP contribution in [0.5, 0.6) is 0 Å². The van der Waals surface area contributed by atoms with E-state index in [4.69, 9.17) is 19.2 Å². The highest BCUT2D eigenvalue weighted by molar-refractivity contribution is 5.93. The van der Waals surface area contributed by atoms with Gasteiger partial charge in [0.15, 0.2) is 0 Å². The van der Waals surface area contributed by atoms with E-state index in [-0.39, 0.29) is 12.1 Å². The molecular formula is C34H40N4O5. The summed E-state index contributed by atoms with van der Waals surface area (Å²) in [4.78, 5) is 33.0. The molecule has 9 nitrogen and oxygen atoms in total. The van der Waals surface area contributed by atoms with Crippen LogP contribution in [0.2, 0.25) is 0 Å². The SMILES string of the molecule is CC(C)(C)OC(=O)N1CCC[C@H]1c1cc(-c2cnc3c(c2)c(C2(C#N)CC2)cn3C(=O)OC(C)(C)C)cc2c1COCC2. The molecule has 0 N–H and O–H groups in total. The standard InChI is InChI=1S/C34H40N4O5/c1-32(2,3)42-30(39)37-12-7-8-28(37)24-15-22(14-21-9-13-41-19-26(21)24)23-16-25-27(34(20-35)10-11-34)18-38(29(25)36-17-23)31(40)43-33(4,5)6/h14-18,28H,7-13,19H2,1-6H3/t28-/m0/s1. The van der Waals surface area contributed by atoms with Crippen molar-refractivity contribution in [2.45, 2.75) is 103 Å². The molecule has 43 heavy (non-hydrogen) atoms. The van der Waals surface area contributed by atoms with Gasteiger partial charge in [0.25, 0.3) is 0 Å². The molecule has 6 rings (SSSR count). The van der Waals surface area contributed by atoms with Gasteiger partial charge in [-0.3, -0.25) is 0 Å². The highest BCUT2D eigenvalue weighted by atomic mass is 16.6.